The van der Waals surface area contributed by atoms with Crippen molar-refractivity contribution >= 4 is 5.69 Å². The molecule has 2 aromatic rings. The van der Waals surface area contributed by atoms with Gasteiger partial charge in [0.1, 0.15) is 6.67 Å². The van der Waals surface area contributed by atoms with Gasteiger partial charge in [-0.1, -0.05) is 6.07 Å². The van der Waals surface area contributed by atoms with E-state index in [4.69, 9.17) is 4.74 Å². The summed E-state index contributed by atoms with van der Waals surface area (Å²) in [4.78, 5) is 0. The number of rotatable bonds is 6. The number of aromatic hydroxyl groups is 1. The second-order valence-electron chi connectivity index (χ2n) is 4.04. The Labute approximate surface area is 110 Å². The third-order valence-corrected chi connectivity index (χ3v) is 2.69. The smallest absolute Gasteiger partial charge is 0.160 e. The van der Waals surface area contributed by atoms with E-state index in [1.54, 1.807) is 35.3 Å². The van der Waals surface area contributed by atoms with E-state index in [2.05, 4.69) is 10.4 Å². The Balaban J connectivity index is 1.97. The van der Waals surface area contributed by atoms with E-state index in [-0.39, 0.29) is 12.3 Å². The van der Waals surface area contributed by atoms with Gasteiger partial charge in [0.15, 0.2) is 11.5 Å². The SMILES string of the molecule is COc1cc(CNc2cnn(CCF)c2)ccc1O. The molecule has 0 amide bonds. The first-order valence-corrected chi connectivity index (χ1v) is 5.91. The normalized spacial score (nSPS) is 10.4. The van der Waals surface area contributed by atoms with Crippen molar-refractivity contribution < 1.29 is 14.2 Å². The summed E-state index contributed by atoms with van der Waals surface area (Å²) in [6.45, 7) is 0.392. The topological polar surface area (TPSA) is 59.3 Å². The highest BCUT2D eigenvalue weighted by atomic mass is 19.1. The van der Waals surface area contributed by atoms with E-state index >= 15 is 0 Å². The Morgan fingerprint density at radius 1 is 1.47 bits per heavy atom. The zero-order chi connectivity index (χ0) is 13.7. The van der Waals surface area contributed by atoms with E-state index < -0.39 is 6.67 Å². The molecule has 102 valence electrons. The fourth-order valence-corrected chi connectivity index (χ4v) is 1.70. The van der Waals surface area contributed by atoms with Crippen LogP contribution in [0.2, 0.25) is 0 Å². The van der Waals surface area contributed by atoms with Crippen LogP contribution in [-0.2, 0) is 13.1 Å². The summed E-state index contributed by atoms with van der Waals surface area (Å²) in [6.07, 6.45) is 3.39. The first kappa shape index (κ1) is 13.2. The number of hydrogen-bond donors (Lipinski definition) is 2. The molecule has 19 heavy (non-hydrogen) atoms. The fraction of sp³-hybridized carbons (Fsp3) is 0.308. The number of halogens is 1. The second kappa shape index (κ2) is 6.08. The maximum atomic E-state index is 12.1. The van der Waals surface area contributed by atoms with Gasteiger partial charge >= 0.3 is 0 Å². The molecule has 1 aromatic heterocycles. The number of phenols is 1. The molecule has 0 aliphatic rings. The summed E-state index contributed by atoms with van der Waals surface area (Å²) >= 11 is 0. The number of hydrogen-bond acceptors (Lipinski definition) is 4. The maximum absolute atomic E-state index is 12.1. The predicted octanol–water partition coefficient (Wildman–Crippen LogP) is 2.18. The Kier molecular flexibility index (Phi) is 4.22. The van der Waals surface area contributed by atoms with Gasteiger partial charge in [-0.3, -0.25) is 4.68 Å². The van der Waals surface area contributed by atoms with Gasteiger partial charge < -0.3 is 15.2 Å². The van der Waals surface area contributed by atoms with Gasteiger partial charge in [-0.2, -0.15) is 5.10 Å². The van der Waals surface area contributed by atoms with Crippen LogP contribution in [0.1, 0.15) is 5.56 Å². The third-order valence-electron chi connectivity index (χ3n) is 2.69. The fourth-order valence-electron chi connectivity index (χ4n) is 1.70. The van der Waals surface area contributed by atoms with Crippen LogP contribution in [0.5, 0.6) is 11.5 Å². The predicted molar refractivity (Wildman–Crippen MR) is 70.2 cm³/mol. The number of nitrogens with zero attached hydrogens (tertiary/aromatic N) is 2. The minimum absolute atomic E-state index is 0.113. The lowest BCUT2D eigenvalue weighted by atomic mass is 10.2. The molecule has 0 unspecified atom stereocenters. The number of methoxy groups -OCH3 is 1. The maximum Gasteiger partial charge on any atom is 0.160 e. The molecule has 2 rings (SSSR count). The van der Waals surface area contributed by atoms with Crippen molar-refractivity contribution in [2.24, 2.45) is 0 Å². The number of ether oxygens (including phenoxy) is 1. The number of aromatic nitrogens is 2. The first-order valence-electron chi connectivity index (χ1n) is 5.91. The van der Waals surface area contributed by atoms with Gasteiger partial charge in [0.05, 0.1) is 25.5 Å². The van der Waals surface area contributed by atoms with Gasteiger partial charge in [-0.15, -0.1) is 0 Å². The molecule has 0 saturated carbocycles. The third kappa shape index (κ3) is 3.37. The van der Waals surface area contributed by atoms with Crippen molar-refractivity contribution in [3.8, 4) is 11.5 Å². The molecule has 0 fully saturated rings. The molecule has 2 N–H and O–H groups in total. The van der Waals surface area contributed by atoms with E-state index in [0.29, 0.717) is 12.3 Å². The summed E-state index contributed by atoms with van der Waals surface area (Å²) in [6, 6.07) is 5.15. The minimum atomic E-state index is -0.434. The number of anilines is 1. The van der Waals surface area contributed by atoms with Crippen molar-refractivity contribution in [2.45, 2.75) is 13.1 Å². The molecule has 1 aromatic carbocycles. The van der Waals surface area contributed by atoms with Crippen molar-refractivity contribution in [2.75, 3.05) is 19.1 Å². The van der Waals surface area contributed by atoms with Crippen LogP contribution >= 0.6 is 0 Å². The molecule has 0 spiro atoms. The van der Waals surface area contributed by atoms with Crippen LogP contribution in [0.4, 0.5) is 10.1 Å². The van der Waals surface area contributed by atoms with Crippen LogP contribution in [0.3, 0.4) is 0 Å². The van der Waals surface area contributed by atoms with Crippen LogP contribution in [0.15, 0.2) is 30.6 Å². The molecule has 0 aliphatic carbocycles. The number of phenolic OH excluding ortho intramolecular Hbond substituents is 1. The van der Waals surface area contributed by atoms with Gasteiger partial charge in [-0.05, 0) is 17.7 Å². The molecule has 0 atom stereocenters. The summed E-state index contributed by atoms with van der Waals surface area (Å²) in [5.41, 5.74) is 1.79. The lowest BCUT2D eigenvalue weighted by Gasteiger charge is -2.07. The monoisotopic (exact) mass is 265 g/mol. The van der Waals surface area contributed by atoms with Crippen LogP contribution in [0.25, 0.3) is 0 Å². The molecule has 0 bridgehead atoms. The quantitative estimate of drug-likeness (QED) is 0.840. The highest BCUT2D eigenvalue weighted by molar-refractivity contribution is 5.44. The Morgan fingerprint density at radius 3 is 3.05 bits per heavy atom. The van der Waals surface area contributed by atoms with Gasteiger partial charge in [0, 0.05) is 12.7 Å². The molecular weight excluding hydrogens is 249 g/mol. The molecular formula is C13H16FN3O2. The van der Waals surface area contributed by atoms with E-state index in [1.807, 2.05) is 0 Å². The van der Waals surface area contributed by atoms with Crippen molar-refractivity contribution in [1.29, 1.82) is 0 Å². The number of nitrogens with one attached hydrogen (secondary N) is 1. The largest absolute Gasteiger partial charge is 0.504 e. The van der Waals surface area contributed by atoms with E-state index in [1.165, 1.54) is 7.11 Å². The Morgan fingerprint density at radius 2 is 2.32 bits per heavy atom. The summed E-state index contributed by atoms with van der Waals surface area (Å²) in [7, 11) is 1.51. The number of alkyl halides is 1. The molecule has 0 aliphatic heterocycles. The van der Waals surface area contributed by atoms with Gasteiger partial charge in [0.25, 0.3) is 0 Å². The summed E-state index contributed by atoms with van der Waals surface area (Å²) in [5.74, 6) is 0.550. The van der Waals surface area contributed by atoms with Crippen molar-refractivity contribution in [3.05, 3.63) is 36.2 Å². The van der Waals surface area contributed by atoms with Crippen LogP contribution in [0, 0.1) is 0 Å². The zero-order valence-corrected chi connectivity index (χ0v) is 10.6. The second-order valence-corrected chi connectivity index (χ2v) is 4.04. The standard InChI is InChI=1S/C13H16FN3O2/c1-19-13-6-10(2-3-12(13)18)7-15-11-8-16-17(9-11)5-4-14/h2-3,6,8-9,15,18H,4-5,7H2,1H3. The summed E-state index contributed by atoms with van der Waals surface area (Å²) < 4.78 is 18.7. The van der Waals surface area contributed by atoms with Gasteiger partial charge in [-0.25, -0.2) is 4.39 Å². The van der Waals surface area contributed by atoms with Crippen LogP contribution < -0.4 is 10.1 Å². The van der Waals surface area contributed by atoms with Crippen molar-refractivity contribution in [1.82, 2.24) is 9.78 Å². The first-order chi connectivity index (χ1) is 9.22. The van der Waals surface area contributed by atoms with E-state index in [9.17, 15) is 9.50 Å². The molecule has 5 nitrogen and oxygen atoms in total. The average Bonchev–Trinajstić information content (AvgIpc) is 2.86. The van der Waals surface area contributed by atoms with E-state index in [0.717, 1.165) is 11.3 Å². The summed E-state index contributed by atoms with van der Waals surface area (Å²) in [5, 5.41) is 16.7. The molecule has 0 saturated heterocycles. The van der Waals surface area contributed by atoms with Crippen molar-refractivity contribution in [3.63, 3.8) is 0 Å². The molecule has 6 heteroatoms. The Bertz CT molecular complexity index is 542. The Hall–Kier alpha value is -2.24. The number of aryl methyl sites for hydroxylation is 1. The minimum Gasteiger partial charge on any atom is -0.504 e. The highest BCUT2D eigenvalue weighted by Crippen LogP contribution is 2.26. The molecule has 1 heterocycles. The zero-order valence-electron chi connectivity index (χ0n) is 10.6. The average molecular weight is 265 g/mol. The lowest BCUT2D eigenvalue weighted by Crippen LogP contribution is -2.00. The number of benzene rings is 1. The van der Waals surface area contributed by atoms with Gasteiger partial charge in [0.2, 0.25) is 0 Å². The van der Waals surface area contributed by atoms with Crippen LogP contribution in [-0.4, -0.2) is 28.7 Å². The lowest BCUT2D eigenvalue weighted by molar-refractivity contribution is 0.373. The highest BCUT2D eigenvalue weighted by Gasteiger charge is 2.03. The molecule has 0 radical (unpaired) electrons.